The first-order valence-electron chi connectivity index (χ1n) is 11.8. The minimum Gasteiger partial charge on any atom is -0.507 e. The lowest BCUT2D eigenvalue weighted by molar-refractivity contribution is -0.132. The molecule has 0 unspecified atom stereocenters. The number of aliphatic hydroxyl groups is 1. The third kappa shape index (κ3) is 3.97. The van der Waals surface area contributed by atoms with Crippen molar-refractivity contribution >= 4 is 44.1 Å². The van der Waals surface area contributed by atoms with Crippen LogP contribution in [-0.4, -0.2) is 41.6 Å². The fourth-order valence-electron chi connectivity index (χ4n) is 4.58. The van der Waals surface area contributed by atoms with E-state index in [0.717, 1.165) is 4.70 Å². The van der Waals surface area contributed by atoms with Crippen molar-refractivity contribution in [2.45, 2.75) is 13.0 Å². The third-order valence-electron chi connectivity index (χ3n) is 6.24. The Labute approximate surface area is 216 Å². The van der Waals surface area contributed by atoms with Gasteiger partial charge in [0.1, 0.15) is 24.7 Å². The molecule has 2 aliphatic heterocycles. The average Bonchev–Trinajstić information content (AvgIpc) is 3.46. The third-order valence-corrected chi connectivity index (χ3v) is 7.26. The van der Waals surface area contributed by atoms with E-state index in [4.69, 9.17) is 14.2 Å². The number of fused-ring (bicyclic) bond motifs is 2. The predicted molar refractivity (Wildman–Crippen MR) is 139 cm³/mol. The van der Waals surface area contributed by atoms with Gasteiger partial charge in [-0.15, -0.1) is 0 Å². The Kier molecular flexibility index (Phi) is 5.77. The molecule has 0 radical (unpaired) electrons. The fraction of sp³-hybridized carbons (Fsp3) is 0.179. The molecule has 1 saturated heterocycles. The molecule has 2 aliphatic rings. The summed E-state index contributed by atoms with van der Waals surface area (Å²) in [4.78, 5) is 32.9. The maximum absolute atomic E-state index is 13.4. The van der Waals surface area contributed by atoms with Gasteiger partial charge in [-0.05, 0) is 48.9 Å². The monoisotopic (exact) mass is 514 g/mol. The Balaban J connectivity index is 1.50. The van der Waals surface area contributed by atoms with Crippen LogP contribution < -0.4 is 19.1 Å². The van der Waals surface area contributed by atoms with Crippen molar-refractivity contribution in [1.29, 1.82) is 0 Å². The highest BCUT2D eigenvalue weighted by Crippen LogP contribution is 2.45. The van der Waals surface area contributed by atoms with E-state index in [1.807, 2.05) is 55.5 Å². The number of carbonyl (C=O) groups excluding carboxylic acids is 2. The van der Waals surface area contributed by atoms with Crippen molar-refractivity contribution < 1.29 is 28.9 Å². The Hall–Kier alpha value is -4.37. The van der Waals surface area contributed by atoms with E-state index < -0.39 is 17.7 Å². The van der Waals surface area contributed by atoms with Gasteiger partial charge in [0, 0.05) is 5.56 Å². The van der Waals surface area contributed by atoms with Gasteiger partial charge < -0.3 is 19.3 Å². The average molecular weight is 515 g/mol. The molecule has 186 valence electrons. The molecule has 4 aromatic rings. The summed E-state index contributed by atoms with van der Waals surface area (Å²) in [6, 6.07) is 18.7. The van der Waals surface area contributed by atoms with Crippen LogP contribution in [0.4, 0.5) is 5.13 Å². The Morgan fingerprint density at radius 1 is 1.05 bits per heavy atom. The van der Waals surface area contributed by atoms with Crippen molar-refractivity contribution in [3.63, 3.8) is 0 Å². The zero-order valence-electron chi connectivity index (χ0n) is 19.8. The van der Waals surface area contributed by atoms with E-state index in [1.54, 1.807) is 18.2 Å². The molecule has 0 saturated carbocycles. The first kappa shape index (κ1) is 23.1. The van der Waals surface area contributed by atoms with Crippen LogP contribution in [0, 0.1) is 0 Å². The number of ether oxygens (including phenoxy) is 3. The summed E-state index contributed by atoms with van der Waals surface area (Å²) in [5, 5.41) is 11.8. The van der Waals surface area contributed by atoms with Gasteiger partial charge in [-0.25, -0.2) is 4.98 Å². The van der Waals surface area contributed by atoms with Crippen LogP contribution in [0.3, 0.4) is 0 Å². The summed E-state index contributed by atoms with van der Waals surface area (Å²) < 4.78 is 17.6. The van der Waals surface area contributed by atoms with Crippen LogP contribution in [0.2, 0.25) is 0 Å². The fourth-order valence-corrected chi connectivity index (χ4v) is 5.60. The number of carbonyl (C=O) groups is 2. The second-order valence-electron chi connectivity index (χ2n) is 8.50. The quantitative estimate of drug-likeness (QED) is 0.225. The number of rotatable bonds is 5. The van der Waals surface area contributed by atoms with E-state index >= 15 is 0 Å². The number of aromatic nitrogens is 1. The number of anilines is 1. The van der Waals surface area contributed by atoms with Crippen LogP contribution in [0.15, 0.2) is 72.3 Å². The van der Waals surface area contributed by atoms with Crippen LogP contribution in [0.25, 0.3) is 16.0 Å². The number of ketones is 1. The molecule has 8 nitrogen and oxygen atoms in total. The molecule has 9 heteroatoms. The van der Waals surface area contributed by atoms with Gasteiger partial charge in [0.2, 0.25) is 0 Å². The molecule has 1 fully saturated rings. The topological polar surface area (TPSA) is 98.2 Å². The van der Waals surface area contributed by atoms with Crippen LogP contribution >= 0.6 is 11.3 Å². The lowest BCUT2D eigenvalue weighted by Gasteiger charge is -2.23. The second kappa shape index (κ2) is 9.25. The SMILES string of the molecule is CCOc1ccc2nc(N3C(=O)C(=O)/C(=C(/O)c4ccc5c(c4)OCCO5)[C@@H]3c3ccccc3)sc2c1. The van der Waals surface area contributed by atoms with Gasteiger partial charge in [-0.1, -0.05) is 41.7 Å². The van der Waals surface area contributed by atoms with Gasteiger partial charge >= 0.3 is 5.91 Å². The molecule has 6 rings (SSSR count). The molecular formula is C28H22N2O6S. The largest absolute Gasteiger partial charge is 0.507 e. The highest BCUT2D eigenvalue weighted by atomic mass is 32.1. The Morgan fingerprint density at radius 3 is 2.62 bits per heavy atom. The number of hydrogen-bond acceptors (Lipinski definition) is 8. The summed E-state index contributed by atoms with van der Waals surface area (Å²) in [5.41, 5.74) is 1.70. The van der Waals surface area contributed by atoms with Crippen molar-refractivity contribution in [3.05, 3.63) is 83.4 Å². The van der Waals surface area contributed by atoms with Gasteiger partial charge in [-0.2, -0.15) is 0 Å². The van der Waals surface area contributed by atoms with Crippen LogP contribution in [-0.2, 0) is 9.59 Å². The number of aliphatic hydroxyl groups excluding tert-OH is 1. The zero-order valence-corrected chi connectivity index (χ0v) is 20.7. The molecule has 3 aromatic carbocycles. The van der Waals surface area contributed by atoms with Crippen molar-refractivity contribution in [3.8, 4) is 17.2 Å². The van der Waals surface area contributed by atoms with E-state index in [9.17, 15) is 14.7 Å². The van der Waals surface area contributed by atoms with E-state index in [0.29, 0.717) is 58.8 Å². The molecule has 0 spiro atoms. The normalized spacial score (nSPS) is 18.4. The van der Waals surface area contributed by atoms with Gasteiger partial charge in [-0.3, -0.25) is 14.5 Å². The highest BCUT2D eigenvalue weighted by Gasteiger charge is 2.48. The van der Waals surface area contributed by atoms with Gasteiger partial charge in [0.25, 0.3) is 5.78 Å². The highest BCUT2D eigenvalue weighted by molar-refractivity contribution is 7.22. The van der Waals surface area contributed by atoms with E-state index in [-0.39, 0.29) is 11.3 Å². The first-order chi connectivity index (χ1) is 18.0. The van der Waals surface area contributed by atoms with Crippen molar-refractivity contribution in [2.75, 3.05) is 24.7 Å². The lowest BCUT2D eigenvalue weighted by Crippen LogP contribution is -2.29. The van der Waals surface area contributed by atoms with Gasteiger partial charge in [0.05, 0.1) is 28.4 Å². The summed E-state index contributed by atoms with van der Waals surface area (Å²) in [5.74, 6) is -0.0924. The molecule has 37 heavy (non-hydrogen) atoms. The summed E-state index contributed by atoms with van der Waals surface area (Å²) in [7, 11) is 0. The Bertz CT molecular complexity index is 1560. The Morgan fingerprint density at radius 2 is 1.84 bits per heavy atom. The second-order valence-corrected chi connectivity index (χ2v) is 9.51. The standard InChI is InChI=1S/C28H22N2O6S/c1-2-34-18-9-10-19-22(15-18)37-28(29-19)30-24(16-6-4-3-5-7-16)23(26(32)27(30)33)25(31)17-8-11-20-21(14-17)36-13-12-35-20/h3-11,14-15,24,31H,2,12-13H2,1H3/b25-23+/t24-/m0/s1. The van der Waals surface area contributed by atoms with Crippen LogP contribution in [0.5, 0.6) is 17.2 Å². The van der Waals surface area contributed by atoms with E-state index in [1.165, 1.54) is 16.2 Å². The minimum atomic E-state index is -0.860. The summed E-state index contributed by atoms with van der Waals surface area (Å²) in [6.45, 7) is 3.25. The summed E-state index contributed by atoms with van der Waals surface area (Å²) in [6.07, 6.45) is 0. The number of amides is 1. The number of nitrogens with zero attached hydrogens (tertiary/aromatic N) is 2. The molecule has 3 heterocycles. The maximum atomic E-state index is 13.4. The number of thiazole rings is 1. The maximum Gasteiger partial charge on any atom is 0.301 e. The molecule has 0 bridgehead atoms. The van der Waals surface area contributed by atoms with Crippen LogP contribution in [0.1, 0.15) is 24.1 Å². The number of benzene rings is 3. The molecule has 1 N–H and O–H groups in total. The van der Waals surface area contributed by atoms with Crippen molar-refractivity contribution in [1.82, 2.24) is 4.98 Å². The van der Waals surface area contributed by atoms with Gasteiger partial charge in [0.15, 0.2) is 16.6 Å². The molecule has 1 amide bonds. The molecule has 1 atom stereocenters. The number of Topliss-reactive ketones (excluding diaryl/α,β-unsaturated/α-hetero) is 1. The first-order valence-corrected chi connectivity index (χ1v) is 12.7. The lowest BCUT2D eigenvalue weighted by atomic mass is 9.95. The summed E-state index contributed by atoms with van der Waals surface area (Å²) >= 11 is 1.29. The predicted octanol–water partition coefficient (Wildman–Crippen LogP) is 5.09. The molecule has 1 aromatic heterocycles. The number of hydrogen-bond donors (Lipinski definition) is 1. The minimum absolute atomic E-state index is 0.0119. The van der Waals surface area contributed by atoms with E-state index in [2.05, 4.69) is 4.98 Å². The smallest absolute Gasteiger partial charge is 0.301 e. The molecule has 0 aliphatic carbocycles. The molecular weight excluding hydrogens is 492 g/mol. The zero-order chi connectivity index (χ0) is 25.5. The van der Waals surface area contributed by atoms with Crippen molar-refractivity contribution in [2.24, 2.45) is 0 Å².